The predicted octanol–water partition coefficient (Wildman–Crippen LogP) is 7.64. The highest BCUT2D eigenvalue weighted by Gasteiger charge is 2.34. The molecule has 212 valence electrons. The highest BCUT2D eigenvalue weighted by molar-refractivity contribution is 7.13. The third-order valence-corrected chi connectivity index (χ3v) is 6.60. The van der Waals surface area contributed by atoms with Crippen molar-refractivity contribution in [2.24, 2.45) is 4.99 Å². The van der Waals surface area contributed by atoms with Gasteiger partial charge in [0.15, 0.2) is 0 Å². The minimum Gasteiger partial charge on any atom is -0.343 e. The first kappa shape index (κ1) is 32.4. The Morgan fingerprint density at radius 3 is 2.62 bits per heavy atom. The van der Waals surface area contributed by atoms with Gasteiger partial charge in [0, 0.05) is 18.0 Å². The zero-order chi connectivity index (χ0) is 29.9. The smallest absolute Gasteiger partial charge is 0.343 e. The molecule has 0 saturated heterocycles. The van der Waals surface area contributed by atoms with E-state index in [1.165, 1.54) is 6.20 Å². The third kappa shape index (κ3) is 9.42. The van der Waals surface area contributed by atoms with Crippen LogP contribution < -0.4 is 10.6 Å². The maximum atomic E-state index is 13.1. The minimum atomic E-state index is -4.70. The SMILES string of the molecule is C=C/C(=C\C=C/C)C(/C=C(\C)C(=O)NC(C)c1ncc(C(=O)Nc2cc(C(F)(F)F)c(Cl)cn2)s1)=N/C=C/CC. The maximum Gasteiger partial charge on any atom is 0.418 e. The second-order valence-corrected chi connectivity index (χ2v) is 9.72. The third-order valence-electron chi connectivity index (χ3n) is 5.12. The number of rotatable bonds is 11. The Morgan fingerprint density at radius 2 is 2.00 bits per heavy atom. The molecule has 2 aromatic rings. The van der Waals surface area contributed by atoms with Gasteiger partial charge in [0.25, 0.3) is 5.91 Å². The largest absolute Gasteiger partial charge is 0.418 e. The van der Waals surface area contributed by atoms with Crippen molar-refractivity contribution >= 4 is 46.3 Å². The van der Waals surface area contributed by atoms with E-state index >= 15 is 0 Å². The fraction of sp³-hybridized carbons (Fsp3) is 0.250. The number of aromatic nitrogens is 2. The predicted molar refractivity (Wildman–Crippen MR) is 155 cm³/mol. The number of hydrogen-bond donors (Lipinski definition) is 2. The van der Waals surface area contributed by atoms with Crippen LogP contribution in [0.3, 0.4) is 0 Å². The van der Waals surface area contributed by atoms with E-state index in [0.717, 1.165) is 29.5 Å². The first-order valence-corrected chi connectivity index (χ1v) is 13.3. The zero-order valence-corrected chi connectivity index (χ0v) is 23.9. The van der Waals surface area contributed by atoms with Crippen molar-refractivity contribution < 1.29 is 22.8 Å². The van der Waals surface area contributed by atoms with Crippen LogP contribution in [0.5, 0.6) is 0 Å². The van der Waals surface area contributed by atoms with Gasteiger partial charge in [0.2, 0.25) is 5.91 Å². The van der Waals surface area contributed by atoms with Gasteiger partial charge in [-0.25, -0.2) is 9.97 Å². The molecule has 12 heteroatoms. The fourth-order valence-corrected chi connectivity index (χ4v) is 4.06. The van der Waals surface area contributed by atoms with Gasteiger partial charge in [0.1, 0.15) is 15.7 Å². The van der Waals surface area contributed by atoms with E-state index in [1.807, 2.05) is 38.2 Å². The van der Waals surface area contributed by atoms with Crippen LogP contribution in [0.2, 0.25) is 5.02 Å². The van der Waals surface area contributed by atoms with Gasteiger partial charge in [-0.1, -0.05) is 55.5 Å². The van der Waals surface area contributed by atoms with Crippen molar-refractivity contribution in [2.45, 2.75) is 46.3 Å². The molecular weight excluding hydrogens is 563 g/mol. The van der Waals surface area contributed by atoms with Gasteiger partial charge in [0.05, 0.1) is 28.5 Å². The molecule has 1 atom stereocenters. The lowest BCUT2D eigenvalue weighted by Crippen LogP contribution is -2.27. The molecule has 40 heavy (non-hydrogen) atoms. The van der Waals surface area contributed by atoms with Crippen LogP contribution in [0, 0.1) is 0 Å². The maximum absolute atomic E-state index is 13.1. The lowest BCUT2D eigenvalue weighted by Gasteiger charge is -2.12. The van der Waals surface area contributed by atoms with E-state index in [1.54, 1.807) is 32.2 Å². The van der Waals surface area contributed by atoms with Crippen molar-refractivity contribution in [3.05, 3.63) is 99.3 Å². The molecule has 1 unspecified atom stereocenters. The molecule has 2 amide bonds. The van der Waals surface area contributed by atoms with E-state index in [4.69, 9.17) is 11.6 Å². The van der Waals surface area contributed by atoms with Crippen molar-refractivity contribution in [3.8, 4) is 0 Å². The Balaban J connectivity index is 2.17. The van der Waals surface area contributed by atoms with Crippen LogP contribution in [0.25, 0.3) is 0 Å². The molecule has 0 aliphatic heterocycles. The molecule has 0 bridgehead atoms. The number of anilines is 1. The number of pyridine rings is 1. The van der Waals surface area contributed by atoms with E-state index in [2.05, 4.69) is 32.2 Å². The summed E-state index contributed by atoms with van der Waals surface area (Å²) in [6.07, 6.45) is 10.6. The first-order valence-electron chi connectivity index (χ1n) is 12.1. The van der Waals surface area contributed by atoms with Crippen LogP contribution in [0.1, 0.15) is 60.4 Å². The molecule has 0 aliphatic rings. The first-order chi connectivity index (χ1) is 18.9. The summed E-state index contributed by atoms with van der Waals surface area (Å²) in [7, 11) is 0. The second-order valence-electron chi connectivity index (χ2n) is 8.25. The van der Waals surface area contributed by atoms with E-state index in [0.29, 0.717) is 22.4 Å². The Kier molecular flexibility index (Phi) is 12.2. The Morgan fingerprint density at radius 1 is 1.27 bits per heavy atom. The van der Waals surface area contributed by atoms with Gasteiger partial charge in [-0.15, -0.1) is 11.3 Å². The lowest BCUT2D eigenvalue weighted by atomic mass is 10.1. The average Bonchev–Trinajstić information content (AvgIpc) is 3.40. The second kappa shape index (κ2) is 15.1. The number of thiazole rings is 1. The number of alkyl halides is 3. The number of allylic oxidation sites excluding steroid dienone is 7. The number of halogens is 4. The van der Waals surface area contributed by atoms with Crippen molar-refractivity contribution in [2.75, 3.05) is 5.32 Å². The van der Waals surface area contributed by atoms with E-state index in [-0.39, 0.29) is 16.6 Å². The highest BCUT2D eigenvalue weighted by Crippen LogP contribution is 2.35. The molecule has 0 spiro atoms. The molecule has 0 saturated carbocycles. The fourth-order valence-electron chi connectivity index (χ4n) is 3.03. The molecule has 2 aromatic heterocycles. The van der Waals surface area contributed by atoms with Crippen LogP contribution in [-0.2, 0) is 11.0 Å². The zero-order valence-electron chi connectivity index (χ0n) is 22.3. The standard InChI is InChI=1S/C28H29ClF3N5O2S/c1-6-9-11-19(8-3)22(33-12-10-7-2)13-17(4)25(38)36-18(5)27-35-16-23(40-27)26(39)37-24-14-20(28(30,31)32)21(29)15-34-24/h6,8-16,18H,3,7H2,1-2,4-5H3,(H,36,38)(H,34,37,39)/b9-6-,12-10+,17-13+,19-11+,33-22+. The topological polar surface area (TPSA) is 96.3 Å². The molecule has 0 radical (unpaired) electrons. The Hall–Kier alpha value is -3.83. The average molecular weight is 592 g/mol. The van der Waals surface area contributed by atoms with Crippen LogP contribution >= 0.6 is 22.9 Å². The molecule has 0 aromatic carbocycles. The Labute approximate surface area is 240 Å². The van der Waals surface area contributed by atoms with E-state index < -0.39 is 28.7 Å². The highest BCUT2D eigenvalue weighted by atomic mass is 35.5. The number of nitrogens with one attached hydrogen (secondary N) is 2. The monoisotopic (exact) mass is 591 g/mol. The lowest BCUT2D eigenvalue weighted by molar-refractivity contribution is -0.137. The van der Waals surface area contributed by atoms with Crippen LogP contribution in [0.15, 0.2) is 83.8 Å². The quantitative estimate of drug-likeness (QED) is 0.159. The van der Waals surface area contributed by atoms with Crippen molar-refractivity contribution in [3.63, 3.8) is 0 Å². The van der Waals surface area contributed by atoms with Crippen molar-refractivity contribution in [1.82, 2.24) is 15.3 Å². The summed E-state index contributed by atoms with van der Waals surface area (Å²) in [4.78, 5) is 38.0. The van der Waals surface area contributed by atoms with Gasteiger partial charge < -0.3 is 10.6 Å². The summed E-state index contributed by atoms with van der Waals surface area (Å²) in [5, 5.41) is 4.98. The number of nitrogens with zero attached hydrogens (tertiary/aromatic N) is 3. The van der Waals surface area contributed by atoms with Crippen LogP contribution in [-0.4, -0.2) is 27.5 Å². The number of amides is 2. The summed E-state index contributed by atoms with van der Waals surface area (Å²) in [6, 6.07) is 0.0899. The molecule has 2 rings (SSSR count). The number of carbonyl (C=O) groups excluding carboxylic acids is 2. The summed E-state index contributed by atoms with van der Waals surface area (Å²) in [5.41, 5.74) is 0.548. The van der Waals surface area contributed by atoms with Crippen LogP contribution in [0.4, 0.5) is 19.0 Å². The summed E-state index contributed by atoms with van der Waals surface area (Å²) in [5.74, 6) is -1.39. The molecule has 7 nitrogen and oxygen atoms in total. The van der Waals surface area contributed by atoms with Gasteiger partial charge in [-0.3, -0.25) is 14.6 Å². The number of aliphatic imine (C=N–C) groups is 1. The molecule has 0 fully saturated rings. The van der Waals surface area contributed by atoms with Crippen molar-refractivity contribution in [1.29, 1.82) is 0 Å². The van der Waals surface area contributed by atoms with Gasteiger partial charge in [-0.2, -0.15) is 13.2 Å². The van der Waals surface area contributed by atoms with E-state index in [9.17, 15) is 22.8 Å². The minimum absolute atomic E-state index is 0.121. The number of hydrogen-bond acceptors (Lipinski definition) is 6. The normalized spacial score (nSPS) is 14.1. The molecule has 0 aliphatic carbocycles. The Bertz CT molecular complexity index is 1390. The summed E-state index contributed by atoms with van der Waals surface area (Å²) < 4.78 is 39.3. The molecule has 2 N–H and O–H groups in total. The molecular formula is C28H29ClF3N5O2S. The van der Waals surface area contributed by atoms with Gasteiger partial charge in [-0.05, 0) is 44.9 Å². The summed E-state index contributed by atoms with van der Waals surface area (Å²) >= 11 is 6.56. The molecule has 2 heterocycles. The summed E-state index contributed by atoms with van der Waals surface area (Å²) in [6.45, 7) is 11.0. The van der Waals surface area contributed by atoms with Gasteiger partial charge >= 0.3 is 6.18 Å². The number of carbonyl (C=O) groups is 2.